The number of aliphatic hydroxyl groups is 1. The molecule has 0 radical (unpaired) electrons. The van der Waals surface area contributed by atoms with Crippen molar-refractivity contribution in [1.82, 2.24) is 5.32 Å². The second-order valence-electron chi connectivity index (χ2n) is 4.47. The Bertz CT molecular complexity index is 626. The Kier molecular flexibility index (Phi) is 5.51. The van der Waals surface area contributed by atoms with E-state index in [0.717, 1.165) is 0 Å². The third kappa shape index (κ3) is 4.31. The fourth-order valence-corrected chi connectivity index (χ4v) is 2.42. The number of thiophene rings is 1. The van der Waals surface area contributed by atoms with Crippen LogP contribution in [0.1, 0.15) is 11.7 Å². The van der Waals surface area contributed by atoms with E-state index in [9.17, 15) is 14.7 Å². The van der Waals surface area contributed by atoms with Crippen LogP contribution in [0.2, 0.25) is 0 Å². The second kappa shape index (κ2) is 7.58. The van der Waals surface area contributed by atoms with Gasteiger partial charge in [-0.15, -0.1) is 0 Å². The average molecular weight is 320 g/mol. The molecule has 0 saturated heterocycles. The number of nitrogens with one attached hydrogen (secondary N) is 2. The quantitative estimate of drug-likeness (QED) is 0.729. The number of carbonyl (C=O) groups is 2. The van der Waals surface area contributed by atoms with E-state index in [0.29, 0.717) is 17.0 Å². The SMILES string of the molecule is COc1ccc(NC(=O)C(=O)NCC(O)c2ccsc2)cc1. The Labute approximate surface area is 131 Å². The van der Waals surface area contributed by atoms with E-state index in [2.05, 4.69) is 10.6 Å². The molecule has 0 bridgehead atoms. The number of methoxy groups -OCH3 is 1. The van der Waals surface area contributed by atoms with Crippen LogP contribution in [0.5, 0.6) is 5.75 Å². The minimum atomic E-state index is -0.830. The molecular weight excluding hydrogens is 304 g/mol. The number of anilines is 1. The molecule has 1 heterocycles. The van der Waals surface area contributed by atoms with Crippen molar-refractivity contribution in [2.75, 3.05) is 19.0 Å². The molecule has 1 unspecified atom stereocenters. The minimum Gasteiger partial charge on any atom is -0.497 e. The summed E-state index contributed by atoms with van der Waals surface area (Å²) in [7, 11) is 1.54. The van der Waals surface area contributed by atoms with Crippen molar-refractivity contribution in [1.29, 1.82) is 0 Å². The Morgan fingerprint density at radius 1 is 1.23 bits per heavy atom. The Hall–Kier alpha value is -2.38. The van der Waals surface area contributed by atoms with Gasteiger partial charge in [0.05, 0.1) is 13.2 Å². The van der Waals surface area contributed by atoms with E-state index in [1.165, 1.54) is 11.3 Å². The zero-order valence-corrected chi connectivity index (χ0v) is 12.7. The maximum absolute atomic E-state index is 11.7. The standard InChI is InChI=1S/C15H16N2O4S/c1-21-12-4-2-11(3-5-12)17-15(20)14(19)16-8-13(18)10-6-7-22-9-10/h2-7,9,13,18H,8H2,1H3,(H,16,19)(H,17,20). The Morgan fingerprint density at radius 3 is 2.55 bits per heavy atom. The summed E-state index contributed by atoms with van der Waals surface area (Å²) in [6.07, 6.45) is -0.830. The highest BCUT2D eigenvalue weighted by atomic mass is 32.1. The number of amides is 2. The predicted molar refractivity (Wildman–Crippen MR) is 83.9 cm³/mol. The Balaban J connectivity index is 1.82. The molecule has 2 amide bonds. The number of ether oxygens (including phenoxy) is 1. The van der Waals surface area contributed by atoms with Gasteiger partial charge >= 0.3 is 11.8 Å². The molecule has 22 heavy (non-hydrogen) atoms. The molecule has 0 saturated carbocycles. The number of hydrogen-bond donors (Lipinski definition) is 3. The van der Waals surface area contributed by atoms with Gasteiger partial charge < -0.3 is 20.5 Å². The summed E-state index contributed by atoms with van der Waals surface area (Å²) in [4.78, 5) is 23.4. The summed E-state index contributed by atoms with van der Waals surface area (Å²) in [6.45, 7) is -0.0222. The first kappa shape index (κ1) is 16.0. The average Bonchev–Trinajstić information content (AvgIpc) is 3.07. The summed E-state index contributed by atoms with van der Waals surface area (Å²) >= 11 is 1.45. The fraction of sp³-hybridized carbons (Fsp3) is 0.200. The lowest BCUT2D eigenvalue weighted by Gasteiger charge is -2.10. The molecule has 0 aliphatic carbocycles. The van der Waals surface area contributed by atoms with Gasteiger partial charge in [0, 0.05) is 12.2 Å². The molecule has 116 valence electrons. The largest absolute Gasteiger partial charge is 0.497 e. The molecule has 1 aromatic heterocycles. The van der Waals surface area contributed by atoms with Crippen LogP contribution in [0.4, 0.5) is 5.69 Å². The molecule has 1 atom stereocenters. The number of carbonyl (C=O) groups excluding carboxylic acids is 2. The van der Waals surface area contributed by atoms with Gasteiger partial charge in [-0.1, -0.05) is 0 Å². The van der Waals surface area contributed by atoms with Crippen molar-refractivity contribution >= 4 is 28.8 Å². The number of aliphatic hydroxyl groups excluding tert-OH is 1. The molecular formula is C15H16N2O4S. The van der Waals surface area contributed by atoms with E-state index < -0.39 is 17.9 Å². The van der Waals surface area contributed by atoms with Gasteiger partial charge in [-0.25, -0.2) is 0 Å². The number of hydrogen-bond acceptors (Lipinski definition) is 5. The van der Waals surface area contributed by atoms with Crippen molar-refractivity contribution in [3.8, 4) is 5.75 Å². The first-order valence-corrected chi connectivity index (χ1v) is 7.48. The van der Waals surface area contributed by atoms with E-state index >= 15 is 0 Å². The highest BCUT2D eigenvalue weighted by Crippen LogP contribution is 2.16. The van der Waals surface area contributed by atoms with Crippen LogP contribution in [0.3, 0.4) is 0 Å². The molecule has 2 rings (SSSR count). The van der Waals surface area contributed by atoms with Crippen molar-refractivity contribution in [3.05, 3.63) is 46.7 Å². The van der Waals surface area contributed by atoms with Gasteiger partial charge in [0.1, 0.15) is 5.75 Å². The van der Waals surface area contributed by atoms with Gasteiger partial charge in [-0.05, 0) is 46.7 Å². The van der Waals surface area contributed by atoms with Gasteiger partial charge in [-0.3, -0.25) is 9.59 Å². The van der Waals surface area contributed by atoms with Crippen molar-refractivity contribution < 1.29 is 19.4 Å². The zero-order valence-electron chi connectivity index (χ0n) is 11.9. The van der Waals surface area contributed by atoms with Crippen LogP contribution in [0.25, 0.3) is 0 Å². The lowest BCUT2D eigenvalue weighted by molar-refractivity contribution is -0.136. The topological polar surface area (TPSA) is 87.7 Å². The monoisotopic (exact) mass is 320 g/mol. The van der Waals surface area contributed by atoms with Gasteiger partial charge in [0.15, 0.2) is 0 Å². The lowest BCUT2D eigenvalue weighted by atomic mass is 10.2. The van der Waals surface area contributed by atoms with Gasteiger partial charge in [-0.2, -0.15) is 11.3 Å². The second-order valence-corrected chi connectivity index (χ2v) is 5.25. The molecule has 1 aromatic carbocycles. The molecule has 7 heteroatoms. The van der Waals surface area contributed by atoms with Gasteiger partial charge in [0.25, 0.3) is 0 Å². The van der Waals surface area contributed by atoms with Crippen LogP contribution in [-0.4, -0.2) is 30.6 Å². The van der Waals surface area contributed by atoms with Crippen molar-refractivity contribution in [3.63, 3.8) is 0 Å². The van der Waals surface area contributed by atoms with Crippen molar-refractivity contribution in [2.45, 2.75) is 6.10 Å². The van der Waals surface area contributed by atoms with Crippen LogP contribution >= 0.6 is 11.3 Å². The first-order chi connectivity index (χ1) is 10.6. The highest BCUT2D eigenvalue weighted by Gasteiger charge is 2.16. The highest BCUT2D eigenvalue weighted by molar-refractivity contribution is 7.07. The normalized spacial score (nSPS) is 11.5. The van der Waals surface area contributed by atoms with Crippen LogP contribution in [0.15, 0.2) is 41.1 Å². The van der Waals surface area contributed by atoms with Crippen LogP contribution in [-0.2, 0) is 9.59 Å². The molecule has 0 fully saturated rings. The number of rotatable bonds is 5. The summed E-state index contributed by atoms with van der Waals surface area (Å²) < 4.78 is 5.00. The molecule has 0 aliphatic rings. The maximum Gasteiger partial charge on any atom is 0.313 e. The zero-order chi connectivity index (χ0) is 15.9. The first-order valence-electron chi connectivity index (χ1n) is 6.53. The summed E-state index contributed by atoms with van der Waals surface area (Å²) in [5.41, 5.74) is 1.19. The van der Waals surface area contributed by atoms with E-state index in [4.69, 9.17) is 4.74 Å². The summed E-state index contributed by atoms with van der Waals surface area (Å²) in [5, 5.41) is 18.3. The predicted octanol–water partition coefficient (Wildman–Crippen LogP) is 1.54. The van der Waals surface area contributed by atoms with Crippen LogP contribution < -0.4 is 15.4 Å². The summed E-state index contributed by atoms with van der Waals surface area (Å²) in [6, 6.07) is 8.37. The van der Waals surface area contributed by atoms with Gasteiger partial charge in [0.2, 0.25) is 0 Å². The Morgan fingerprint density at radius 2 is 1.95 bits per heavy atom. The molecule has 3 N–H and O–H groups in total. The van der Waals surface area contributed by atoms with Crippen molar-refractivity contribution in [2.24, 2.45) is 0 Å². The van der Waals surface area contributed by atoms with E-state index in [1.54, 1.807) is 42.8 Å². The molecule has 6 nitrogen and oxygen atoms in total. The maximum atomic E-state index is 11.7. The van der Waals surface area contributed by atoms with Crippen LogP contribution in [0, 0.1) is 0 Å². The molecule has 0 aliphatic heterocycles. The third-order valence-corrected chi connectivity index (χ3v) is 3.64. The molecule has 0 spiro atoms. The van der Waals surface area contributed by atoms with E-state index in [1.807, 2.05) is 5.38 Å². The third-order valence-electron chi connectivity index (χ3n) is 2.94. The van der Waals surface area contributed by atoms with E-state index in [-0.39, 0.29) is 6.54 Å². The number of benzene rings is 1. The molecule has 2 aromatic rings. The smallest absolute Gasteiger partial charge is 0.313 e. The minimum absolute atomic E-state index is 0.0222. The lowest BCUT2D eigenvalue weighted by Crippen LogP contribution is -2.37. The fourth-order valence-electron chi connectivity index (χ4n) is 1.71. The summed E-state index contributed by atoms with van der Waals surface area (Å²) in [5.74, 6) is -0.936.